The zero-order valence-electron chi connectivity index (χ0n) is 15.6. The van der Waals surface area contributed by atoms with E-state index < -0.39 is 0 Å². The lowest BCUT2D eigenvalue weighted by Gasteiger charge is -2.33. The molecule has 6 nitrogen and oxygen atoms in total. The summed E-state index contributed by atoms with van der Waals surface area (Å²) in [6.45, 7) is 0. The Morgan fingerprint density at radius 2 is 1.78 bits per heavy atom. The first-order valence-electron chi connectivity index (χ1n) is 10.3. The first kappa shape index (κ1) is 16.8. The van der Waals surface area contributed by atoms with Crippen LogP contribution in [0.3, 0.4) is 0 Å². The average molecular weight is 366 g/mol. The van der Waals surface area contributed by atoms with E-state index in [0.717, 1.165) is 69.2 Å². The fourth-order valence-electron chi connectivity index (χ4n) is 4.92. The van der Waals surface area contributed by atoms with Gasteiger partial charge in [0, 0.05) is 28.9 Å². The van der Waals surface area contributed by atoms with E-state index in [-0.39, 0.29) is 18.0 Å². The fourth-order valence-corrected chi connectivity index (χ4v) is 4.92. The quantitative estimate of drug-likeness (QED) is 0.869. The van der Waals surface area contributed by atoms with Gasteiger partial charge in [-0.1, -0.05) is 12.8 Å². The second kappa shape index (κ2) is 6.98. The molecule has 0 aliphatic heterocycles. The fraction of sp³-hybridized carbons (Fsp3) is 0.571. The van der Waals surface area contributed by atoms with Crippen LogP contribution in [0.4, 0.5) is 5.82 Å². The second-order valence-corrected chi connectivity index (χ2v) is 8.04. The Kier molecular flexibility index (Phi) is 4.34. The molecule has 27 heavy (non-hydrogen) atoms. The lowest BCUT2D eigenvalue weighted by molar-refractivity contribution is 0.0894. The van der Waals surface area contributed by atoms with Crippen LogP contribution in [0.2, 0.25) is 0 Å². The number of carbonyl (C=O) groups is 1. The summed E-state index contributed by atoms with van der Waals surface area (Å²) < 4.78 is 5.60. The summed E-state index contributed by atoms with van der Waals surface area (Å²) >= 11 is 0. The Balaban J connectivity index is 1.32. The summed E-state index contributed by atoms with van der Waals surface area (Å²) in [5, 5.41) is 6.89. The Morgan fingerprint density at radius 1 is 0.963 bits per heavy atom. The van der Waals surface area contributed by atoms with Crippen molar-refractivity contribution in [2.24, 2.45) is 0 Å². The van der Waals surface area contributed by atoms with Crippen molar-refractivity contribution in [3.05, 3.63) is 40.7 Å². The highest BCUT2D eigenvalue weighted by Crippen LogP contribution is 2.30. The van der Waals surface area contributed by atoms with Crippen LogP contribution in [0.1, 0.15) is 71.5 Å². The van der Waals surface area contributed by atoms with E-state index >= 15 is 0 Å². The van der Waals surface area contributed by atoms with Crippen LogP contribution in [0.15, 0.2) is 17.0 Å². The molecule has 0 radical (unpaired) electrons. The van der Waals surface area contributed by atoms with Crippen LogP contribution in [0, 0.1) is 0 Å². The zero-order valence-corrected chi connectivity index (χ0v) is 15.6. The smallest absolute Gasteiger partial charge is 0.287 e. The van der Waals surface area contributed by atoms with Gasteiger partial charge < -0.3 is 15.1 Å². The molecule has 3 aliphatic carbocycles. The summed E-state index contributed by atoms with van der Waals surface area (Å²) in [6, 6.07) is 0.297. The number of aromatic nitrogens is 2. The molecule has 6 heteroatoms. The molecular weight excluding hydrogens is 340 g/mol. The Morgan fingerprint density at radius 3 is 2.70 bits per heavy atom. The molecule has 1 saturated carbocycles. The molecule has 0 spiro atoms. The van der Waals surface area contributed by atoms with Crippen LogP contribution in [0.5, 0.6) is 0 Å². The lowest BCUT2D eigenvalue weighted by atomic mass is 9.90. The molecule has 0 saturated heterocycles. The van der Waals surface area contributed by atoms with Crippen molar-refractivity contribution in [3.8, 4) is 0 Å². The number of nitrogens with one attached hydrogen (secondary N) is 2. The van der Waals surface area contributed by atoms with Gasteiger partial charge in [0.2, 0.25) is 0 Å². The maximum atomic E-state index is 12.9. The van der Waals surface area contributed by atoms with Gasteiger partial charge in [0.1, 0.15) is 12.1 Å². The molecule has 2 atom stereocenters. The van der Waals surface area contributed by atoms with Crippen LogP contribution in [0.25, 0.3) is 0 Å². The second-order valence-electron chi connectivity index (χ2n) is 8.04. The van der Waals surface area contributed by atoms with E-state index in [4.69, 9.17) is 4.42 Å². The number of hydrogen-bond acceptors (Lipinski definition) is 5. The Hall–Kier alpha value is -2.37. The molecular formula is C21H26N4O2. The highest BCUT2D eigenvalue weighted by Gasteiger charge is 2.31. The molecule has 3 aliphatic rings. The van der Waals surface area contributed by atoms with Gasteiger partial charge in [-0.25, -0.2) is 9.97 Å². The number of fused-ring (bicyclic) bond motifs is 2. The maximum Gasteiger partial charge on any atom is 0.287 e. The van der Waals surface area contributed by atoms with Gasteiger partial charge in [0.25, 0.3) is 5.91 Å². The van der Waals surface area contributed by atoms with Gasteiger partial charge in [-0.3, -0.25) is 4.79 Å². The van der Waals surface area contributed by atoms with E-state index in [9.17, 15) is 4.79 Å². The summed E-state index contributed by atoms with van der Waals surface area (Å²) in [7, 11) is 0. The predicted molar refractivity (Wildman–Crippen MR) is 102 cm³/mol. The molecule has 0 bridgehead atoms. The van der Waals surface area contributed by atoms with Crippen LogP contribution in [-0.4, -0.2) is 28.0 Å². The van der Waals surface area contributed by atoms with Crippen LogP contribution >= 0.6 is 0 Å². The Bertz CT molecular complexity index is 860. The number of hydrogen-bond donors (Lipinski definition) is 2. The number of anilines is 1. The van der Waals surface area contributed by atoms with Gasteiger partial charge in [0.15, 0.2) is 5.76 Å². The normalized spacial score (nSPS) is 23.7. The molecule has 2 aromatic rings. The molecule has 142 valence electrons. The predicted octanol–water partition coefficient (Wildman–Crippen LogP) is 3.20. The number of amides is 1. The van der Waals surface area contributed by atoms with Crippen molar-refractivity contribution in [2.75, 3.05) is 5.32 Å². The van der Waals surface area contributed by atoms with Gasteiger partial charge in [-0.2, -0.15) is 0 Å². The minimum Gasteiger partial charge on any atom is -0.459 e. The third-order valence-electron chi connectivity index (χ3n) is 6.34. The van der Waals surface area contributed by atoms with E-state index in [1.807, 2.05) is 0 Å². The molecule has 1 amide bonds. The van der Waals surface area contributed by atoms with Crippen molar-refractivity contribution in [2.45, 2.75) is 76.3 Å². The van der Waals surface area contributed by atoms with Gasteiger partial charge >= 0.3 is 0 Å². The molecule has 5 rings (SSSR count). The van der Waals surface area contributed by atoms with E-state index in [1.54, 1.807) is 12.6 Å². The average Bonchev–Trinajstić information content (AvgIpc) is 3.40. The summed E-state index contributed by atoms with van der Waals surface area (Å²) in [6.07, 6.45) is 14.1. The van der Waals surface area contributed by atoms with Crippen molar-refractivity contribution in [3.63, 3.8) is 0 Å². The van der Waals surface area contributed by atoms with Crippen LogP contribution < -0.4 is 10.6 Å². The molecule has 2 heterocycles. The minimum atomic E-state index is -0.0650. The minimum absolute atomic E-state index is 0.0650. The monoisotopic (exact) mass is 366 g/mol. The summed E-state index contributed by atoms with van der Waals surface area (Å²) in [5.74, 6) is 1.42. The number of rotatable bonds is 4. The SMILES string of the molecule is O=C(N[C@@H]1CCCC[C@H]1Nc1ncnc2c1CCC2)c1occ2c1CCC2. The van der Waals surface area contributed by atoms with Gasteiger partial charge in [-0.05, 0) is 56.9 Å². The number of carbonyl (C=O) groups excluding carboxylic acids is 1. The molecule has 2 N–H and O–H groups in total. The first-order valence-corrected chi connectivity index (χ1v) is 10.3. The zero-order chi connectivity index (χ0) is 18.2. The third-order valence-corrected chi connectivity index (χ3v) is 6.34. The summed E-state index contributed by atoms with van der Waals surface area (Å²) in [5.41, 5.74) is 4.75. The molecule has 0 aromatic carbocycles. The third kappa shape index (κ3) is 3.11. The highest BCUT2D eigenvalue weighted by molar-refractivity contribution is 5.93. The van der Waals surface area contributed by atoms with E-state index in [0.29, 0.717) is 5.76 Å². The molecule has 1 fully saturated rings. The maximum absolute atomic E-state index is 12.9. The first-order chi connectivity index (χ1) is 13.3. The molecule has 2 aromatic heterocycles. The van der Waals surface area contributed by atoms with Crippen molar-refractivity contribution >= 4 is 11.7 Å². The number of furan rings is 1. The largest absolute Gasteiger partial charge is 0.459 e. The lowest BCUT2D eigenvalue weighted by Crippen LogP contribution is -2.48. The van der Waals surface area contributed by atoms with Gasteiger partial charge in [0.05, 0.1) is 6.26 Å². The number of nitrogens with zero attached hydrogens (tertiary/aromatic N) is 2. The standard InChI is InChI=1S/C21H26N4O2/c26-21(19-14-6-3-5-13(14)11-27-19)25-18-9-2-1-8-17(18)24-20-15-7-4-10-16(15)22-12-23-20/h11-12,17-18H,1-10H2,(H,25,26)(H,22,23,24)/t17-,18-/m1/s1. The molecule has 0 unspecified atom stereocenters. The topological polar surface area (TPSA) is 80.0 Å². The highest BCUT2D eigenvalue weighted by atomic mass is 16.3. The Labute approximate surface area is 159 Å². The van der Waals surface area contributed by atoms with Crippen molar-refractivity contribution in [1.82, 2.24) is 15.3 Å². The van der Waals surface area contributed by atoms with Crippen molar-refractivity contribution < 1.29 is 9.21 Å². The van der Waals surface area contributed by atoms with Gasteiger partial charge in [-0.15, -0.1) is 0 Å². The van der Waals surface area contributed by atoms with Crippen LogP contribution in [-0.2, 0) is 25.7 Å². The number of aryl methyl sites for hydroxylation is 2. The van der Waals surface area contributed by atoms with E-state index in [1.165, 1.54) is 23.2 Å². The van der Waals surface area contributed by atoms with E-state index in [2.05, 4.69) is 20.6 Å². The van der Waals surface area contributed by atoms with Crippen molar-refractivity contribution in [1.29, 1.82) is 0 Å². The summed E-state index contributed by atoms with van der Waals surface area (Å²) in [4.78, 5) is 21.8.